The van der Waals surface area contributed by atoms with Gasteiger partial charge in [0.15, 0.2) is 5.13 Å². The van der Waals surface area contributed by atoms with Gasteiger partial charge in [-0.3, -0.25) is 9.59 Å². The highest BCUT2D eigenvalue weighted by Crippen LogP contribution is 2.60. The maximum atomic E-state index is 14.0. The molecular weight excluding hydrogens is 382 g/mol. The Balaban J connectivity index is 1.35. The quantitative estimate of drug-likeness (QED) is 0.754. The number of carbonyl (C=O) groups excluding carboxylic acids is 2. The fourth-order valence-electron chi connectivity index (χ4n) is 7.16. The van der Waals surface area contributed by atoms with E-state index in [4.69, 9.17) is 0 Å². The van der Waals surface area contributed by atoms with Crippen LogP contribution in [0, 0.1) is 30.1 Å². The average Bonchev–Trinajstić information content (AvgIpc) is 3.10. The number of thiazole rings is 1. The maximum absolute atomic E-state index is 14.0. The highest BCUT2D eigenvalue weighted by Gasteiger charge is 2.56. The van der Waals surface area contributed by atoms with Gasteiger partial charge in [0.25, 0.3) is 0 Å². The molecule has 5 aliphatic rings. The fourth-order valence-corrected chi connectivity index (χ4v) is 7.87. The Kier molecular flexibility index (Phi) is 5.17. The molecule has 0 radical (unpaired) electrons. The zero-order chi connectivity index (χ0) is 20.0. The third kappa shape index (κ3) is 3.85. The van der Waals surface area contributed by atoms with Crippen molar-refractivity contribution in [3.63, 3.8) is 0 Å². The Bertz CT molecular complexity index is 748. The van der Waals surface area contributed by atoms with E-state index in [1.54, 1.807) is 0 Å². The minimum atomic E-state index is -0.176. The molecule has 0 spiro atoms. The minimum Gasteiger partial charge on any atom is -0.330 e. The van der Waals surface area contributed by atoms with Crippen molar-refractivity contribution in [3.8, 4) is 0 Å². The Labute approximate surface area is 177 Å². The second kappa shape index (κ2) is 7.68. The average molecular weight is 416 g/mol. The van der Waals surface area contributed by atoms with E-state index >= 15 is 0 Å². The van der Waals surface area contributed by atoms with Crippen molar-refractivity contribution in [1.82, 2.24) is 9.88 Å². The molecule has 1 heterocycles. The molecule has 5 saturated carbocycles. The highest BCUT2D eigenvalue weighted by molar-refractivity contribution is 7.13. The van der Waals surface area contributed by atoms with Crippen LogP contribution in [0.4, 0.5) is 5.13 Å². The van der Waals surface area contributed by atoms with Gasteiger partial charge in [0.2, 0.25) is 11.8 Å². The first-order chi connectivity index (χ1) is 14.0. The summed E-state index contributed by atoms with van der Waals surface area (Å²) in [6.45, 7) is 2.11. The lowest BCUT2D eigenvalue weighted by Gasteiger charge is -2.57. The number of nitrogens with zero attached hydrogens (tertiary/aromatic N) is 2. The first-order valence-electron chi connectivity index (χ1n) is 11.5. The molecule has 5 fully saturated rings. The van der Waals surface area contributed by atoms with Crippen molar-refractivity contribution in [1.29, 1.82) is 0 Å². The van der Waals surface area contributed by atoms with Crippen LogP contribution < -0.4 is 5.32 Å². The summed E-state index contributed by atoms with van der Waals surface area (Å²) < 4.78 is 0. The summed E-state index contributed by atoms with van der Waals surface area (Å²) in [5.41, 5.74) is 0.739. The third-order valence-electron chi connectivity index (χ3n) is 7.95. The molecule has 158 valence electrons. The number of nitrogens with one attached hydrogen (secondary N) is 1. The monoisotopic (exact) mass is 415 g/mol. The summed E-state index contributed by atoms with van der Waals surface area (Å²) in [5.74, 6) is 2.43. The van der Waals surface area contributed by atoms with Gasteiger partial charge in [0, 0.05) is 11.4 Å². The number of hydrogen-bond acceptors (Lipinski definition) is 4. The summed E-state index contributed by atoms with van der Waals surface area (Å²) in [6.07, 6.45) is 12.9. The van der Waals surface area contributed by atoms with Gasteiger partial charge in [-0.05, 0) is 76.0 Å². The van der Waals surface area contributed by atoms with Gasteiger partial charge in [-0.25, -0.2) is 4.98 Å². The van der Waals surface area contributed by atoms with Crippen LogP contribution in [0.1, 0.15) is 76.3 Å². The van der Waals surface area contributed by atoms with Crippen LogP contribution in [0.15, 0.2) is 5.38 Å². The number of aromatic nitrogens is 1. The first-order valence-corrected chi connectivity index (χ1v) is 12.4. The minimum absolute atomic E-state index is 0.0944. The van der Waals surface area contributed by atoms with Crippen LogP contribution in [0.25, 0.3) is 0 Å². The van der Waals surface area contributed by atoms with E-state index in [-0.39, 0.29) is 23.9 Å². The van der Waals surface area contributed by atoms with Crippen molar-refractivity contribution in [3.05, 3.63) is 11.1 Å². The summed E-state index contributed by atoms with van der Waals surface area (Å²) in [6, 6.07) is 0.230. The molecule has 0 aromatic carbocycles. The lowest BCUT2D eigenvalue weighted by atomic mass is 9.49. The van der Waals surface area contributed by atoms with Crippen LogP contribution in [-0.2, 0) is 9.59 Å². The lowest BCUT2D eigenvalue weighted by molar-refractivity contribution is -0.162. The van der Waals surface area contributed by atoms with Crippen molar-refractivity contribution >= 4 is 28.3 Å². The van der Waals surface area contributed by atoms with E-state index in [0.29, 0.717) is 11.0 Å². The number of hydrogen-bond donors (Lipinski definition) is 1. The summed E-state index contributed by atoms with van der Waals surface area (Å²) in [7, 11) is 0. The number of rotatable bonds is 5. The van der Waals surface area contributed by atoms with E-state index in [0.717, 1.165) is 55.6 Å². The Morgan fingerprint density at radius 1 is 1.10 bits per heavy atom. The summed E-state index contributed by atoms with van der Waals surface area (Å²) >= 11 is 1.45. The number of carbonyl (C=O) groups is 2. The maximum Gasteiger partial charge on any atom is 0.245 e. The molecule has 4 bridgehead atoms. The van der Waals surface area contributed by atoms with E-state index in [1.165, 1.54) is 49.9 Å². The summed E-state index contributed by atoms with van der Waals surface area (Å²) in [5, 5.41) is 5.51. The van der Waals surface area contributed by atoms with Crippen molar-refractivity contribution < 1.29 is 9.59 Å². The predicted molar refractivity (Wildman–Crippen MR) is 115 cm³/mol. The zero-order valence-electron chi connectivity index (χ0n) is 17.5. The smallest absolute Gasteiger partial charge is 0.245 e. The van der Waals surface area contributed by atoms with E-state index in [2.05, 4.69) is 10.3 Å². The molecule has 0 atom stereocenters. The van der Waals surface area contributed by atoms with Gasteiger partial charge in [-0.1, -0.05) is 19.3 Å². The standard InChI is InChI=1S/C23H33N3O2S/c1-15-14-29-22(24-15)25-20(27)13-26(19-5-3-2-4-6-19)21(28)23-10-16-7-17(11-23)9-18(8-16)12-23/h14,16-19H,2-13H2,1H3,(H,24,25,27). The van der Waals surface area contributed by atoms with Gasteiger partial charge >= 0.3 is 0 Å². The van der Waals surface area contributed by atoms with Crippen molar-refractivity contribution in [2.75, 3.05) is 11.9 Å². The predicted octanol–water partition coefficient (Wildman–Crippen LogP) is 4.77. The van der Waals surface area contributed by atoms with Gasteiger partial charge in [0.05, 0.1) is 11.1 Å². The Hall–Kier alpha value is -1.43. The topological polar surface area (TPSA) is 62.3 Å². The second-order valence-electron chi connectivity index (χ2n) is 10.3. The van der Waals surface area contributed by atoms with Gasteiger partial charge in [-0.2, -0.15) is 0 Å². The van der Waals surface area contributed by atoms with Crippen LogP contribution in [0.2, 0.25) is 0 Å². The molecule has 6 heteroatoms. The number of anilines is 1. The molecule has 5 aliphatic carbocycles. The van der Waals surface area contributed by atoms with Gasteiger partial charge in [-0.15, -0.1) is 11.3 Å². The first kappa shape index (κ1) is 19.5. The molecule has 1 N–H and O–H groups in total. The zero-order valence-corrected chi connectivity index (χ0v) is 18.3. The largest absolute Gasteiger partial charge is 0.330 e. The Morgan fingerprint density at radius 2 is 1.72 bits per heavy atom. The van der Waals surface area contributed by atoms with Crippen molar-refractivity contribution in [2.45, 2.75) is 83.6 Å². The van der Waals surface area contributed by atoms with Gasteiger partial charge < -0.3 is 10.2 Å². The van der Waals surface area contributed by atoms with Crippen LogP contribution in [0.5, 0.6) is 0 Å². The Morgan fingerprint density at radius 3 is 2.28 bits per heavy atom. The van der Waals surface area contributed by atoms with Crippen molar-refractivity contribution in [2.24, 2.45) is 23.2 Å². The number of amides is 2. The van der Waals surface area contributed by atoms with E-state index in [9.17, 15) is 9.59 Å². The SMILES string of the molecule is Cc1csc(NC(=O)CN(C(=O)C23CC4CC(CC(C4)C2)C3)C2CCCCC2)n1. The molecule has 6 rings (SSSR count). The fraction of sp³-hybridized carbons (Fsp3) is 0.783. The van der Waals surface area contributed by atoms with Gasteiger partial charge in [0.1, 0.15) is 6.54 Å². The molecule has 0 aliphatic heterocycles. The molecule has 0 unspecified atom stereocenters. The molecular formula is C23H33N3O2S. The molecule has 1 aromatic heterocycles. The van der Waals surface area contributed by atoms with E-state index in [1.807, 2.05) is 17.2 Å². The van der Waals surface area contributed by atoms with Crippen LogP contribution in [0.3, 0.4) is 0 Å². The lowest BCUT2D eigenvalue weighted by Crippen LogP contribution is -2.57. The number of aryl methyl sites for hydroxylation is 1. The molecule has 1 aromatic rings. The highest BCUT2D eigenvalue weighted by atomic mass is 32.1. The van der Waals surface area contributed by atoms with E-state index < -0.39 is 0 Å². The summed E-state index contributed by atoms with van der Waals surface area (Å²) in [4.78, 5) is 33.2. The van der Waals surface area contributed by atoms with Crippen LogP contribution in [-0.4, -0.2) is 34.3 Å². The molecule has 5 nitrogen and oxygen atoms in total. The molecule has 2 amide bonds. The van der Waals surface area contributed by atoms with Crippen LogP contribution >= 0.6 is 11.3 Å². The second-order valence-corrected chi connectivity index (χ2v) is 11.1. The normalized spacial score (nSPS) is 33.6. The third-order valence-corrected chi connectivity index (χ3v) is 8.82. The molecule has 0 saturated heterocycles. The molecule has 29 heavy (non-hydrogen) atoms.